The number of methoxy groups -OCH3 is 2. The minimum atomic E-state index is -1.18. The van der Waals surface area contributed by atoms with Crippen LogP contribution in [-0.4, -0.2) is 148 Å². The zero-order valence-corrected chi connectivity index (χ0v) is 63.2. The number of amides is 1. The molecule has 93 heavy (non-hydrogen) atoms. The van der Waals surface area contributed by atoms with Crippen molar-refractivity contribution >= 4 is 109 Å². The smallest absolute Gasteiger partial charge is 0.346 e. The van der Waals surface area contributed by atoms with Gasteiger partial charge < -0.3 is 38.8 Å². The van der Waals surface area contributed by atoms with E-state index in [0.717, 1.165) is 23.7 Å². The van der Waals surface area contributed by atoms with Crippen LogP contribution in [0.25, 0.3) is 0 Å². The molecule has 1 saturated heterocycles. The number of hydrogen-bond donors (Lipinski definition) is 2. The number of hydrogen-bond acceptors (Lipinski definition) is 23. The Labute approximate surface area is 568 Å². The highest BCUT2D eigenvalue weighted by atomic mass is 33.1. The van der Waals surface area contributed by atoms with Gasteiger partial charge in [-0.2, -0.15) is 0 Å². The number of esters is 6. The number of benzene rings is 1. The number of aliphatic hydroxyl groups is 1. The van der Waals surface area contributed by atoms with E-state index in [1.807, 2.05) is 94.3 Å². The molecule has 24 heteroatoms. The Kier molecular flexibility index (Phi) is 56.7. The van der Waals surface area contributed by atoms with E-state index in [9.17, 15) is 62.3 Å². The number of carbonyl (C=O) groups is 13. The number of aliphatic hydroxyl groups excluding tert-OH is 1. The molecule has 0 unspecified atom stereocenters. The number of nitrogens with one attached hydrogen (secondary N) is 1. The minimum absolute atomic E-state index is 0.0230. The lowest BCUT2D eigenvalue weighted by Crippen LogP contribution is -2.42. The first kappa shape index (κ1) is 96.2. The van der Waals surface area contributed by atoms with Crippen LogP contribution in [0, 0.1) is 54.3 Å². The molecule has 0 saturated carbocycles. The summed E-state index contributed by atoms with van der Waals surface area (Å²) in [6, 6.07) is 7.45. The maximum atomic E-state index is 11.7. The molecule has 1 aromatic rings. The second kappa shape index (κ2) is 54.8. The number of thioether (sulfide) groups is 1. The molecule has 0 aliphatic carbocycles. The highest BCUT2D eigenvalue weighted by molar-refractivity contribution is 8.77. The van der Waals surface area contributed by atoms with Gasteiger partial charge in [-0.3, -0.25) is 47.9 Å². The van der Waals surface area contributed by atoms with Gasteiger partial charge in [0.05, 0.1) is 26.1 Å². The third-order valence-electron chi connectivity index (χ3n) is 12.8. The van der Waals surface area contributed by atoms with E-state index < -0.39 is 66.4 Å². The molecule has 2 rings (SSSR count). The fourth-order valence-electron chi connectivity index (χ4n) is 6.74. The molecule has 1 aliphatic rings. The summed E-state index contributed by atoms with van der Waals surface area (Å²) < 4.78 is 28.1. The van der Waals surface area contributed by atoms with Crippen molar-refractivity contribution in [2.24, 2.45) is 47.3 Å². The van der Waals surface area contributed by atoms with Crippen LogP contribution >= 0.6 is 33.3 Å². The van der Waals surface area contributed by atoms with E-state index in [4.69, 9.17) is 19.3 Å². The lowest BCUT2D eigenvalue weighted by molar-refractivity contribution is -0.166. The first-order valence-corrected chi connectivity index (χ1v) is 35.3. The van der Waals surface area contributed by atoms with Gasteiger partial charge in [0, 0.05) is 79.0 Å². The molecule has 1 amide bonds. The molecular weight excluding hydrogens is 1260 g/mol. The number of ketones is 5. The van der Waals surface area contributed by atoms with Crippen LogP contribution in [-0.2, 0) is 97.2 Å². The van der Waals surface area contributed by atoms with Crippen LogP contribution < -0.4 is 5.32 Å². The summed E-state index contributed by atoms with van der Waals surface area (Å²) in [5, 5.41) is 12.3. The highest BCUT2D eigenvalue weighted by Gasteiger charge is 2.27. The SMILES string of the molecule is CC(=O)O[C@H](C)C(=O)C(C)C.CC(C)C(=O)CCCC[C@@H]1CCSS1.CC(C)C(=O)[C@H](C)OC(=O)[C@@H](C)O.CC[C@H](NC(C)=O)C(=O)O[C@H](C)C(=O)C(C)C.COC(=O)[C@@H](C)CSC(=O)C(C)C.COC(=O)[C@@H](C)OC(=O)C(C)C.Cc1ccc(CC(=O)C(C)C)cc1. The zero-order chi connectivity index (χ0) is 73.6. The molecule has 0 radical (unpaired) electrons. The number of aryl methyl sites for hydroxylation is 1. The van der Waals surface area contributed by atoms with E-state index in [-0.39, 0.29) is 81.7 Å². The lowest BCUT2D eigenvalue weighted by Gasteiger charge is -2.19. The van der Waals surface area contributed by atoms with Crippen molar-refractivity contribution in [2.45, 2.75) is 253 Å². The summed E-state index contributed by atoms with van der Waals surface area (Å²) in [6.45, 7) is 41.1. The maximum Gasteiger partial charge on any atom is 0.346 e. The molecule has 536 valence electrons. The number of unbranched alkanes of at least 4 members (excludes halogenated alkanes) is 1. The topological polar surface area (TPSA) is 310 Å². The Morgan fingerprint density at radius 3 is 1.33 bits per heavy atom. The van der Waals surface area contributed by atoms with E-state index in [2.05, 4.69) is 19.5 Å². The number of Topliss-reactive ketones (excluding diaryl/α,β-unsaturated/α-hetero) is 5. The molecule has 2 N–H and O–H groups in total. The minimum Gasteiger partial charge on any atom is -0.469 e. The molecule has 1 aliphatic heterocycles. The predicted octanol–water partition coefficient (Wildman–Crippen LogP) is 11.9. The van der Waals surface area contributed by atoms with Crippen LogP contribution in [0.3, 0.4) is 0 Å². The molecule has 1 heterocycles. The van der Waals surface area contributed by atoms with Crippen molar-refractivity contribution in [3.05, 3.63) is 35.4 Å². The molecule has 0 bridgehead atoms. The van der Waals surface area contributed by atoms with Crippen molar-refractivity contribution in [3.63, 3.8) is 0 Å². The molecule has 1 fully saturated rings. The second-order valence-electron chi connectivity index (χ2n) is 24.4. The van der Waals surface area contributed by atoms with Crippen molar-refractivity contribution < 1.29 is 95.9 Å². The number of ether oxygens (including phenoxy) is 6. The van der Waals surface area contributed by atoms with Gasteiger partial charge in [0.25, 0.3) is 0 Å². The largest absolute Gasteiger partial charge is 0.469 e. The molecule has 21 nitrogen and oxygen atoms in total. The first-order valence-electron chi connectivity index (χ1n) is 31.9. The van der Waals surface area contributed by atoms with Gasteiger partial charge in [0.2, 0.25) is 5.91 Å². The van der Waals surface area contributed by atoms with Crippen LogP contribution in [0.5, 0.6) is 0 Å². The average molecular weight is 1380 g/mol. The Morgan fingerprint density at radius 1 is 0.538 bits per heavy atom. The Balaban J connectivity index is -0.000000325. The third kappa shape index (κ3) is 51.5. The van der Waals surface area contributed by atoms with Gasteiger partial charge in [0.1, 0.15) is 23.7 Å². The van der Waals surface area contributed by atoms with Crippen molar-refractivity contribution in [1.82, 2.24) is 5.32 Å². The summed E-state index contributed by atoms with van der Waals surface area (Å²) >= 11 is 1.20. The van der Waals surface area contributed by atoms with Gasteiger partial charge in [-0.1, -0.05) is 180 Å². The van der Waals surface area contributed by atoms with Crippen LogP contribution in [0.1, 0.15) is 209 Å². The molecule has 8 atom stereocenters. The lowest BCUT2D eigenvalue weighted by atomic mass is 10.0. The van der Waals surface area contributed by atoms with Crippen LogP contribution in [0.2, 0.25) is 0 Å². The monoisotopic (exact) mass is 1380 g/mol. The number of carbonyl (C=O) groups excluding carboxylic acids is 13. The standard InChI is InChI=1S/C12H21NO4.C12H16O.C11H20OS2.C9H16O4.C9H16O3S.C8H14O4.C8H14O3/c1-6-10(13-9(5)14)12(16)17-8(4)11(15)7(2)3;1-9(2)12(13)8-11-6-4-10(3)5-7-11;1-9(2)11(12)6-4-3-5-10-7-8-13-14-10;1-5(2)8(11)7(4)13-9(12)6(3)10;1-6(2)9(11)13-5-7(3)8(10)12-4;1-5(2)7(9)12-6(3)8(10)11-4;1-5(2)8(10)6(3)11-7(4)9/h7-8,10H,6H2,1-5H3,(H,13,14);4-7,9H,8H2,1-3H3;9-10H,3-8H2,1-2H3;5-7,10H,1-4H3;6-7H,5H2,1-4H3;5-6H,1-4H3;5-6H,1-4H3/t8-,10+;;10-;6-,7+;7-;2*6-/m1.11011/s1. The summed E-state index contributed by atoms with van der Waals surface area (Å²) in [4.78, 5) is 144. The summed E-state index contributed by atoms with van der Waals surface area (Å²) in [7, 11) is 6.65. The maximum absolute atomic E-state index is 11.7. The van der Waals surface area contributed by atoms with E-state index in [0.29, 0.717) is 30.2 Å². The highest BCUT2D eigenvalue weighted by Crippen LogP contribution is 2.40. The van der Waals surface area contributed by atoms with Gasteiger partial charge in [-0.25, -0.2) is 14.4 Å². The Morgan fingerprint density at radius 2 is 0.978 bits per heavy atom. The average Bonchev–Trinajstić information content (AvgIpc) is 2.94. The van der Waals surface area contributed by atoms with Gasteiger partial charge in [0.15, 0.2) is 46.9 Å². The van der Waals surface area contributed by atoms with Crippen molar-refractivity contribution in [2.75, 3.05) is 25.7 Å². The van der Waals surface area contributed by atoms with Gasteiger partial charge >= 0.3 is 35.8 Å². The zero-order valence-electron chi connectivity index (χ0n) is 60.8. The summed E-state index contributed by atoms with van der Waals surface area (Å²) in [5.41, 5.74) is 2.35. The fourth-order valence-corrected chi connectivity index (χ4v) is 10.6. The quantitative estimate of drug-likeness (QED) is 0.0326. The van der Waals surface area contributed by atoms with Crippen LogP contribution in [0.15, 0.2) is 24.3 Å². The Bertz CT molecular complexity index is 2400. The summed E-state index contributed by atoms with van der Waals surface area (Å²) in [5.74, 6) is -1.45. The first-order chi connectivity index (χ1) is 42.9. The normalized spacial score (nSPS) is 14.3. The Hall–Kier alpha value is -5.46. The molecule has 0 spiro atoms. The predicted molar refractivity (Wildman–Crippen MR) is 369 cm³/mol. The van der Waals surface area contributed by atoms with Crippen LogP contribution in [0.4, 0.5) is 0 Å². The molecule has 1 aromatic carbocycles. The molecular formula is C69H117NO20S3. The fraction of sp³-hybridized carbons (Fsp3) is 0.725. The summed E-state index contributed by atoms with van der Waals surface area (Å²) in [6.07, 6.45) is 2.65. The van der Waals surface area contributed by atoms with E-state index in [1.54, 1.807) is 83.1 Å². The molecule has 0 aromatic heterocycles. The van der Waals surface area contributed by atoms with Gasteiger partial charge in [-0.05, 0) is 72.8 Å². The van der Waals surface area contributed by atoms with Crippen molar-refractivity contribution in [3.8, 4) is 0 Å². The third-order valence-corrected chi connectivity index (χ3v) is 17.2. The second-order valence-corrected chi connectivity index (χ2v) is 28.2. The van der Waals surface area contributed by atoms with Gasteiger partial charge in [-0.15, -0.1) is 0 Å². The van der Waals surface area contributed by atoms with E-state index >= 15 is 0 Å². The number of rotatable bonds is 29. The van der Waals surface area contributed by atoms with E-state index in [1.165, 1.54) is 91.2 Å². The van der Waals surface area contributed by atoms with Crippen molar-refractivity contribution in [1.29, 1.82) is 0 Å².